The zero-order valence-electron chi connectivity index (χ0n) is 19.8. The lowest BCUT2D eigenvalue weighted by molar-refractivity contribution is 0.0737. The van der Waals surface area contributed by atoms with Crippen molar-refractivity contribution in [2.75, 3.05) is 38.7 Å². The molecule has 1 fully saturated rings. The van der Waals surface area contributed by atoms with E-state index in [-0.39, 0.29) is 11.8 Å². The second-order valence-electron chi connectivity index (χ2n) is 8.76. The van der Waals surface area contributed by atoms with Gasteiger partial charge < -0.3 is 24.1 Å². The van der Waals surface area contributed by atoms with Gasteiger partial charge in [0.05, 0.1) is 26.0 Å². The first-order valence-electron chi connectivity index (χ1n) is 11.8. The molecule has 1 N–H and O–H groups in total. The van der Waals surface area contributed by atoms with Crippen LogP contribution in [0.3, 0.4) is 0 Å². The van der Waals surface area contributed by atoms with E-state index in [4.69, 9.17) is 9.47 Å². The second-order valence-corrected chi connectivity index (χ2v) is 8.76. The average molecular weight is 472 g/mol. The highest BCUT2D eigenvalue weighted by molar-refractivity contribution is 5.95. The van der Waals surface area contributed by atoms with Crippen molar-refractivity contribution in [2.45, 2.75) is 13.0 Å². The fraction of sp³-hybridized carbons (Fsp3) is 0.296. The maximum atomic E-state index is 13.5. The van der Waals surface area contributed by atoms with E-state index in [2.05, 4.69) is 27.5 Å². The van der Waals surface area contributed by atoms with Gasteiger partial charge in [0.25, 0.3) is 5.91 Å². The fourth-order valence-electron chi connectivity index (χ4n) is 4.47. The Morgan fingerprint density at radius 3 is 3.00 bits per heavy atom. The molecule has 4 heterocycles. The van der Waals surface area contributed by atoms with Gasteiger partial charge in [0.15, 0.2) is 0 Å². The highest BCUT2D eigenvalue weighted by Crippen LogP contribution is 2.27. The number of benzene rings is 1. The second kappa shape index (κ2) is 10.6. The van der Waals surface area contributed by atoms with Crippen molar-refractivity contribution in [3.05, 3.63) is 90.1 Å². The van der Waals surface area contributed by atoms with Gasteiger partial charge in [-0.2, -0.15) is 0 Å². The van der Waals surface area contributed by atoms with Crippen molar-refractivity contribution in [3.8, 4) is 5.75 Å². The van der Waals surface area contributed by atoms with Gasteiger partial charge in [-0.3, -0.25) is 9.78 Å². The van der Waals surface area contributed by atoms with Crippen molar-refractivity contribution in [1.29, 1.82) is 0 Å². The maximum absolute atomic E-state index is 13.5. The predicted octanol–water partition coefficient (Wildman–Crippen LogP) is 3.68. The van der Waals surface area contributed by atoms with E-state index in [1.54, 1.807) is 19.5 Å². The number of rotatable bonds is 7. The normalized spacial score (nSPS) is 16.1. The van der Waals surface area contributed by atoms with Crippen molar-refractivity contribution >= 4 is 17.2 Å². The third-order valence-electron chi connectivity index (χ3n) is 6.25. The Labute approximate surface area is 204 Å². The summed E-state index contributed by atoms with van der Waals surface area (Å²) in [4.78, 5) is 23.9. The molecule has 35 heavy (non-hydrogen) atoms. The largest absolute Gasteiger partial charge is 0.495 e. The molecule has 8 nitrogen and oxygen atoms in total. The van der Waals surface area contributed by atoms with Crippen LogP contribution >= 0.6 is 0 Å². The average Bonchev–Trinajstić information content (AvgIpc) is 3.24. The number of aromatic nitrogens is 3. The van der Waals surface area contributed by atoms with Crippen LogP contribution < -0.4 is 10.1 Å². The van der Waals surface area contributed by atoms with Crippen molar-refractivity contribution in [1.82, 2.24) is 19.3 Å². The van der Waals surface area contributed by atoms with E-state index >= 15 is 0 Å². The van der Waals surface area contributed by atoms with Gasteiger partial charge in [-0.1, -0.05) is 12.1 Å². The molecule has 1 atom stereocenters. The van der Waals surface area contributed by atoms with E-state index in [0.29, 0.717) is 44.2 Å². The predicted molar refractivity (Wildman–Crippen MR) is 134 cm³/mol. The van der Waals surface area contributed by atoms with Gasteiger partial charge in [-0.15, -0.1) is 0 Å². The number of nitrogens with zero attached hydrogens (tertiary/aromatic N) is 4. The molecule has 5 rings (SSSR count). The summed E-state index contributed by atoms with van der Waals surface area (Å²) in [7, 11) is 1.63. The number of ether oxygens (including phenoxy) is 2. The lowest BCUT2D eigenvalue weighted by atomic mass is 10.0. The number of imidazole rings is 1. The van der Waals surface area contributed by atoms with Crippen LogP contribution in [-0.4, -0.2) is 58.6 Å². The SMILES string of the molecule is COc1ccc(C(=O)N2CCOCC(Cc3ccc4nccn4c3)C2)cc1NCc1cccnc1. The first kappa shape index (κ1) is 22.9. The maximum Gasteiger partial charge on any atom is 0.254 e. The first-order valence-corrected chi connectivity index (χ1v) is 11.8. The molecular formula is C27H29N5O3. The van der Waals surface area contributed by atoms with Gasteiger partial charge in [0, 0.05) is 62.1 Å². The highest BCUT2D eigenvalue weighted by atomic mass is 16.5. The number of hydrogen-bond acceptors (Lipinski definition) is 6. The minimum Gasteiger partial charge on any atom is -0.495 e. The number of fused-ring (bicyclic) bond motifs is 1. The van der Waals surface area contributed by atoms with Gasteiger partial charge in [-0.25, -0.2) is 4.98 Å². The third-order valence-corrected chi connectivity index (χ3v) is 6.25. The van der Waals surface area contributed by atoms with E-state index in [9.17, 15) is 4.79 Å². The van der Waals surface area contributed by atoms with Crippen LogP contribution in [0.25, 0.3) is 5.65 Å². The zero-order valence-corrected chi connectivity index (χ0v) is 19.8. The van der Waals surface area contributed by atoms with Gasteiger partial charge in [-0.05, 0) is 47.9 Å². The molecule has 1 unspecified atom stereocenters. The van der Waals surface area contributed by atoms with E-state index in [1.807, 2.05) is 58.1 Å². The summed E-state index contributed by atoms with van der Waals surface area (Å²) in [5.41, 5.74) is 4.57. The number of nitrogens with one attached hydrogen (secondary N) is 1. The first-order chi connectivity index (χ1) is 17.2. The number of hydrogen-bond donors (Lipinski definition) is 1. The van der Waals surface area contributed by atoms with Crippen LogP contribution in [-0.2, 0) is 17.7 Å². The molecule has 0 saturated carbocycles. The molecule has 1 aliphatic heterocycles. The fourth-order valence-corrected chi connectivity index (χ4v) is 4.47. The summed E-state index contributed by atoms with van der Waals surface area (Å²) in [6, 6.07) is 13.6. The Hall–Kier alpha value is -3.91. The number of pyridine rings is 2. The summed E-state index contributed by atoms with van der Waals surface area (Å²) in [6.45, 7) is 2.96. The van der Waals surface area contributed by atoms with Crippen LogP contribution in [0.15, 0.2) is 73.4 Å². The molecule has 1 saturated heterocycles. The Morgan fingerprint density at radius 1 is 1.20 bits per heavy atom. The Bertz CT molecular complexity index is 1290. The quantitative estimate of drug-likeness (QED) is 0.443. The van der Waals surface area contributed by atoms with Crippen molar-refractivity contribution in [3.63, 3.8) is 0 Å². The molecule has 0 spiro atoms. The number of anilines is 1. The molecule has 0 aliphatic carbocycles. The Morgan fingerprint density at radius 2 is 2.14 bits per heavy atom. The number of amides is 1. The van der Waals surface area contributed by atoms with Crippen LogP contribution in [0.1, 0.15) is 21.5 Å². The monoisotopic (exact) mass is 471 g/mol. The Kier molecular flexibility index (Phi) is 6.90. The molecule has 0 radical (unpaired) electrons. The van der Waals surface area contributed by atoms with E-state index in [0.717, 1.165) is 23.3 Å². The lowest BCUT2D eigenvalue weighted by Gasteiger charge is -2.24. The molecule has 0 bridgehead atoms. The smallest absolute Gasteiger partial charge is 0.254 e. The number of carbonyl (C=O) groups is 1. The van der Waals surface area contributed by atoms with Crippen molar-refractivity contribution < 1.29 is 14.3 Å². The summed E-state index contributed by atoms with van der Waals surface area (Å²) >= 11 is 0. The van der Waals surface area contributed by atoms with Crippen LogP contribution in [0.2, 0.25) is 0 Å². The summed E-state index contributed by atoms with van der Waals surface area (Å²) in [5.74, 6) is 0.902. The topological polar surface area (TPSA) is 81.0 Å². The van der Waals surface area contributed by atoms with Crippen molar-refractivity contribution in [2.24, 2.45) is 5.92 Å². The number of carbonyl (C=O) groups excluding carboxylic acids is 1. The molecule has 1 aliphatic rings. The molecule has 8 heteroatoms. The molecule has 180 valence electrons. The van der Waals surface area contributed by atoms with Gasteiger partial charge >= 0.3 is 0 Å². The standard InChI is InChI=1S/C27H29N5O3/c1-34-25-6-5-23(14-24(25)30-16-21-3-2-8-28-15-21)27(33)32-11-12-35-19-22(18-32)13-20-4-7-26-29-9-10-31(26)17-20/h2-10,14-15,17,22,30H,11-13,16,18-19H2,1H3. The Balaban J connectivity index is 1.29. The lowest BCUT2D eigenvalue weighted by Crippen LogP contribution is -2.36. The van der Waals surface area contributed by atoms with E-state index < -0.39 is 0 Å². The van der Waals surface area contributed by atoms with E-state index in [1.165, 1.54) is 5.56 Å². The van der Waals surface area contributed by atoms with Crippen LogP contribution in [0.4, 0.5) is 5.69 Å². The minimum atomic E-state index is -0.00218. The minimum absolute atomic E-state index is 0.00218. The molecule has 4 aromatic rings. The summed E-state index contributed by atoms with van der Waals surface area (Å²) in [6.07, 6.45) is 10.2. The highest BCUT2D eigenvalue weighted by Gasteiger charge is 2.24. The molecule has 1 aromatic carbocycles. The van der Waals surface area contributed by atoms with Gasteiger partial charge in [0.1, 0.15) is 11.4 Å². The van der Waals surface area contributed by atoms with Crippen LogP contribution in [0, 0.1) is 5.92 Å². The third kappa shape index (κ3) is 5.44. The summed E-state index contributed by atoms with van der Waals surface area (Å²) in [5, 5.41) is 3.38. The zero-order chi connectivity index (χ0) is 24.0. The molecular weight excluding hydrogens is 442 g/mol. The number of methoxy groups -OCH3 is 1. The molecule has 3 aromatic heterocycles. The van der Waals surface area contributed by atoms with Crippen LogP contribution in [0.5, 0.6) is 5.75 Å². The summed E-state index contributed by atoms with van der Waals surface area (Å²) < 4.78 is 13.4. The van der Waals surface area contributed by atoms with Gasteiger partial charge in [0.2, 0.25) is 0 Å². The molecule has 1 amide bonds.